The van der Waals surface area contributed by atoms with Gasteiger partial charge >= 0.3 is 0 Å². The molecule has 0 saturated heterocycles. The lowest BCUT2D eigenvalue weighted by Gasteiger charge is -2.22. The van der Waals surface area contributed by atoms with Crippen LogP contribution in [0.3, 0.4) is 0 Å². The van der Waals surface area contributed by atoms with Crippen molar-refractivity contribution in [3.05, 3.63) is 217 Å². The maximum atomic E-state index is 5.42. The summed E-state index contributed by atoms with van der Waals surface area (Å²) in [4.78, 5) is 10.6. The second-order valence-electron chi connectivity index (χ2n) is 18.2. The molecule has 65 heavy (non-hydrogen) atoms. The van der Waals surface area contributed by atoms with Crippen LogP contribution in [0.4, 0.5) is 0 Å². The highest BCUT2D eigenvalue weighted by Gasteiger charge is 2.35. The fourth-order valence-corrected chi connectivity index (χ4v) is 11.1. The van der Waals surface area contributed by atoms with Gasteiger partial charge < -0.3 is 9.13 Å². The van der Waals surface area contributed by atoms with E-state index in [-0.39, 0.29) is 5.41 Å². The lowest BCUT2D eigenvalue weighted by Crippen LogP contribution is -2.15. The van der Waals surface area contributed by atoms with Crippen LogP contribution in [0.15, 0.2) is 206 Å². The molecule has 0 radical (unpaired) electrons. The lowest BCUT2D eigenvalue weighted by atomic mass is 9.82. The van der Waals surface area contributed by atoms with E-state index < -0.39 is 0 Å². The van der Waals surface area contributed by atoms with Crippen LogP contribution in [0.2, 0.25) is 0 Å². The van der Waals surface area contributed by atoms with Gasteiger partial charge in [-0.2, -0.15) is 0 Å². The van der Waals surface area contributed by atoms with E-state index in [0.717, 1.165) is 50.1 Å². The van der Waals surface area contributed by atoms with Crippen LogP contribution in [0.1, 0.15) is 25.0 Å². The molecule has 3 aromatic heterocycles. The van der Waals surface area contributed by atoms with Crippen LogP contribution in [-0.2, 0) is 5.41 Å². The van der Waals surface area contributed by atoms with Crippen molar-refractivity contribution in [2.45, 2.75) is 19.3 Å². The molecule has 304 valence electrons. The van der Waals surface area contributed by atoms with Gasteiger partial charge in [-0.1, -0.05) is 147 Å². The van der Waals surface area contributed by atoms with Crippen molar-refractivity contribution in [1.29, 1.82) is 0 Å². The Hall–Kier alpha value is -8.34. The maximum Gasteiger partial charge on any atom is 0.160 e. The molecule has 0 spiro atoms. The van der Waals surface area contributed by atoms with Gasteiger partial charge in [0.2, 0.25) is 0 Å². The van der Waals surface area contributed by atoms with Gasteiger partial charge in [0.25, 0.3) is 0 Å². The van der Waals surface area contributed by atoms with Crippen LogP contribution in [-0.4, -0.2) is 19.1 Å². The highest BCUT2D eigenvalue weighted by Crippen LogP contribution is 2.50. The third-order valence-electron chi connectivity index (χ3n) is 14.2. The van der Waals surface area contributed by atoms with E-state index in [1.54, 1.807) is 0 Å². The molecule has 4 heteroatoms. The first-order chi connectivity index (χ1) is 32.0. The molecule has 0 atom stereocenters. The van der Waals surface area contributed by atoms with Crippen LogP contribution < -0.4 is 0 Å². The van der Waals surface area contributed by atoms with Crippen molar-refractivity contribution in [3.63, 3.8) is 0 Å². The number of hydrogen-bond acceptors (Lipinski definition) is 2. The minimum atomic E-state index is -0.114. The Morgan fingerprint density at radius 1 is 0.354 bits per heavy atom. The van der Waals surface area contributed by atoms with Gasteiger partial charge in [-0.3, -0.25) is 0 Å². The first-order valence-electron chi connectivity index (χ1n) is 22.5. The number of aromatic nitrogens is 4. The Morgan fingerprint density at radius 3 is 1.72 bits per heavy atom. The smallest absolute Gasteiger partial charge is 0.160 e. The molecule has 0 unspecified atom stereocenters. The molecule has 0 N–H and O–H groups in total. The van der Waals surface area contributed by atoms with Crippen LogP contribution >= 0.6 is 0 Å². The zero-order chi connectivity index (χ0) is 43.0. The minimum Gasteiger partial charge on any atom is -0.309 e. The molecule has 0 saturated carbocycles. The summed E-state index contributed by atoms with van der Waals surface area (Å²) >= 11 is 0. The number of rotatable bonds is 4. The second-order valence-corrected chi connectivity index (χ2v) is 18.2. The summed E-state index contributed by atoms with van der Waals surface area (Å²) in [5.41, 5.74) is 16.1. The molecule has 1 aliphatic rings. The third-order valence-corrected chi connectivity index (χ3v) is 14.2. The normalized spacial score (nSPS) is 13.2. The van der Waals surface area contributed by atoms with Crippen molar-refractivity contribution in [3.8, 4) is 45.1 Å². The SMILES string of the molecule is CC1(C)c2ccccc2-c2ccc(-c3nc(-c4cccc(-n5c6ccccc6c6cc7ccc(-n8c9ccccc9c9cc%10ccccc%10cc98)cc7cc65)c4)nc4ccccc34)cc21. The molecule has 1 aliphatic carbocycles. The highest BCUT2D eigenvalue weighted by molar-refractivity contribution is 6.15. The summed E-state index contributed by atoms with van der Waals surface area (Å²) < 4.78 is 4.84. The monoisotopic (exact) mass is 828 g/mol. The first-order valence-corrected chi connectivity index (χ1v) is 22.5. The van der Waals surface area contributed by atoms with Gasteiger partial charge in [-0.15, -0.1) is 0 Å². The largest absolute Gasteiger partial charge is 0.309 e. The van der Waals surface area contributed by atoms with Gasteiger partial charge in [-0.05, 0) is 117 Å². The molecular weight excluding hydrogens is 789 g/mol. The van der Waals surface area contributed by atoms with Crippen molar-refractivity contribution in [1.82, 2.24) is 19.1 Å². The Morgan fingerprint density at radius 2 is 0.954 bits per heavy atom. The molecule has 10 aromatic carbocycles. The second kappa shape index (κ2) is 13.3. The van der Waals surface area contributed by atoms with E-state index in [1.807, 2.05) is 0 Å². The summed E-state index contributed by atoms with van der Waals surface area (Å²) in [5, 5.41) is 10.9. The highest BCUT2D eigenvalue weighted by atomic mass is 15.0. The number of hydrogen-bond donors (Lipinski definition) is 0. The standard InChI is InChI=1S/C61H40N4/c1-61(2)52-22-9-5-18-45(52)46-29-27-40(34-53(46)61)59-49-21-6-10-23-54(49)62-60(63-59)41-16-13-17-43(30-41)64-55-24-11-7-20-48(55)51-33-39-26-28-44(31-42(39)36-58(51)64)65-56-25-12-8-19-47(56)50-32-37-14-3-4-15-38(37)35-57(50)65/h3-36H,1-2H3. The molecule has 0 fully saturated rings. The van der Waals surface area contributed by atoms with E-state index >= 15 is 0 Å². The zero-order valence-electron chi connectivity index (χ0n) is 35.9. The van der Waals surface area contributed by atoms with Gasteiger partial charge in [0.15, 0.2) is 5.82 Å². The van der Waals surface area contributed by atoms with Crippen molar-refractivity contribution < 1.29 is 0 Å². The van der Waals surface area contributed by atoms with E-state index in [4.69, 9.17) is 9.97 Å². The average molecular weight is 829 g/mol. The Labute approximate surface area is 375 Å². The van der Waals surface area contributed by atoms with Gasteiger partial charge in [-0.25, -0.2) is 9.97 Å². The predicted molar refractivity (Wildman–Crippen MR) is 272 cm³/mol. The molecule has 4 nitrogen and oxygen atoms in total. The van der Waals surface area contributed by atoms with Gasteiger partial charge in [0.1, 0.15) is 0 Å². The van der Waals surface area contributed by atoms with Gasteiger partial charge in [0, 0.05) is 54.8 Å². The molecule has 13 aromatic rings. The molecule has 0 bridgehead atoms. The summed E-state index contributed by atoms with van der Waals surface area (Å²) in [7, 11) is 0. The third kappa shape index (κ3) is 5.25. The summed E-state index contributed by atoms with van der Waals surface area (Å²) in [6.07, 6.45) is 0. The van der Waals surface area contributed by atoms with Crippen LogP contribution in [0.5, 0.6) is 0 Å². The number of para-hydroxylation sites is 3. The number of nitrogens with zero attached hydrogens (tertiary/aromatic N) is 4. The van der Waals surface area contributed by atoms with Crippen molar-refractivity contribution in [2.75, 3.05) is 0 Å². The summed E-state index contributed by atoms with van der Waals surface area (Å²) in [6, 6.07) is 75.4. The molecule has 14 rings (SSSR count). The summed E-state index contributed by atoms with van der Waals surface area (Å²) in [6.45, 7) is 4.67. The maximum absolute atomic E-state index is 5.42. The molecule has 0 aliphatic heterocycles. The lowest BCUT2D eigenvalue weighted by molar-refractivity contribution is 0.660. The van der Waals surface area contributed by atoms with Crippen LogP contribution in [0, 0.1) is 0 Å². The predicted octanol–water partition coefficient (Wildman–Crippen LogP) is 15.8. The van der Waals surface area contributed by atoms with Crippen molar-refractivity contribution >= 4 is 76.1 Å². The van der Waals surface area contributed by atoms with Gasteiger partial charge in [0.05, 0.1) is 33.3 Å². The Kier molecular flexibility index (Phi) is 7.42. The van der Waals surface area contributed by atoms with E-state index in [0.29, 0.717) is 5.82 Å². The molecule has 0 amide bonds. The zero-order valence-corrected chi connectivity index (χ0v) is 35.9. The first kappa shape index (κ1) is 36.2. The van der Waals surface area contributed by atoms with E-state index in [2.05, 4.69) is 229 Å². The van der Waals surface area contributed by atoms with Crippen molar-refractivity contribution in [2.24, 2.45) is 0 Å². The minimum absolute atomic E-state index is 0.114. The number of benzene rings is 10. The summed E-state index contributed by atoms with van der Waals surface area (Å²) in [5.74, 6) is 0.707. The fourth-order valence-electron chi connectivity index (χ4n) is 11.1. The quantitative estimate of drug-likeness (QED) is 0.177. The topological polar surface area (TPSA) is 35.6 Å². The van der Waals surface area contributed by atoms with Crippen LogP contribution in [0.25, 0.3) is 121 Å². The fraction of sp³-hybridized carbons (Fsp3) is 0.0492. The van der Waals surface area contributed by atoms with E-state index in [1.165, 1.54) is 76.4 Å². The molecule has 3 heterocycles. The Bertz CT molecular complexity index is 4160. The molecular formula is C61H40N4. The Balaban J connectivity index is 0.933. The number of fused-ring (bicyclic) bond motifs is 12. The van der Waals surface area contributed by atoms with E-state index in [9.17, 15) is 0 Å². The average Bonchev–Trinajstić information content (AvgIpc) is 3.93.